The van der Waals surface area contributed by atoms with Gasteiger partial charge in [0.15, 0.2) is 4.96 Å². The summed E-state index contributed by atoms with van der Waals surface area (Å²) in [6, 6.07) is 0. The van der Waals surface area contributed by atoms with Gasteiger partial charge in [-0.2, -0.15) is 0 Å². The number of hydrogen-bond donors (Lipinski definition) is 1. The second kappa shape index (κ2) is 5.73. The van der Waals surface area contributed by atoms with Gasteiger partial charge in [-0.1, -0.05) is 25.0 Å². The van der Waals surface area contributed by atoms with Crippen molar-refractivity contribution in [2.75, 3.05) is 0 Å². The smallest absolute Gasteiger partial charge is 0.221 e. The molecule has 1 aliphatic carbocycles. The number of rotatable bonds is 2. The molecule has 1 aliphatic heterocycles. The summed E-state index contributed by atoms with van der Waals surface area (Å²) in [5.74, 6) is 0.364. The molecule has 4 rings (SSSR count). The fourth-order valence-corrected chi connectivity index (χ4v) is 5.27. The van der Waals surface area contributed by atoms with Crippen LogP contribution in [0.4, 0.5) is 0 Å². The van der Waals surface area contributed by atoms with Crippen LogP contribution < -0.4 is 5.32 Å². The fraction of sp³-hybridized carbons (Fsp3) is 0.579. The second-order valence-electron chi connectivity index (χ2n) is 7.88. The summed E-state index contributed by atoms with van der Waals surface area (Å²) in [6.45, 7) is 7.56. The molecule has 4 nitrogen and oxygen atoms in total. The van der Waals surface area contributed by atoms with Gasteiger partial charge < -0.3 is 5.32 Å². The average molecular weight is 343 g/mol. The van der Waals surface area contributed by atoms with Crippen LogP contribution in [0.5, 0.6) is 0 Å². The molecule has 5 heteroatoms. The summed E-state index contributed by atoms with van der Waals surface area (Å²) in [5.41, 5.74) is 5.62. The molecule has 0 saturated heterocycles. The summed E-state index contributed by atoms with van der Waals surface area (Å²) in [7, 11) is 0. The van der Waals surface area contributed by atoms with Crippen molar-refractivity contribution in [1.82, 2.24) is 14.7 Å². The van der Waals surface area contributed by atoms with E-state index in [1.807, 2.05) is 0 Å². The Morgan fingerprint density at radius 1 is 1.46 bits per heavy atom. The van der Waals surface area contributed by atoms with E-state index in [9.17, 15) is 4.79 Å². The zero-order chi connectivity index (χ0) is 16.9. The van der Waals surface area contributed by atoms with Crippen molar-refractivity contribution in [2.24, 2.45) is 5.41 Å². The van der Waals surface area contributed by atoms with Crippen LogP contribution in [0.3, 0.4) is 0 Å². The van der Waals surface area contributed by atoms with Gasteiger partial charge in [0.1, 0.15) is 0 Å². The van der Waals surface area contributed by atoms with Gasteiger partial charge in [-0.15, -0.1) is 11.3 Å². The first-order valence-corrected chi connectivity index (χ1v) is 9.74. The molecule has 2 aliphatic rings. The van der Waals surface area contributed by atoms with Crippen LogP contribution in [0.15, 0.2) is 22.7 Å². The van der Waals surface area contributed by atoms with Crippen LogP contribution in [-0.4, -0.2) is 15.3 Å². The minimum atomic E-state index is 0.147. The quantitative estimate of drug-likeness (QED) is 0.821. The van der Waals surface area contributed by atoms with Crippen molar-refractivity contribution in [3.8, 4) is 0 Å². The van der Waals surface area contributed by atoms with E-state index in [0.29, 0.717) is 13.0 Å². The van der Waals surface area contributed by atoms with Crippen LogP contribution >= 0.6 is 11.3 Å². The van der Waals surface area contributed by atoms with Crippen LogP contribution in [0.2, 0.25) is 0 Å². The Balaban J connectivity index is 1.78. The minimum absolute atomic E-state index is 0.147. The van der Waals surface area contributed by atoms with Crippen LogP contribution in [0, 0.1) is 5.41 Å². The molecule has 24 heavy (non-hydrogen) atoms. The van der Waals surface area contributed by atoms with Crippen molar-refractivity contribution >= 4 is 22.2 Å². The molecular weight excluding hydrogens is 318 g/mol. The van der Waals surface area contributed by atoms with E-state index in [1.165, 1.54) is 30.5 Å². The number of fused-ring (bicyclic) bond motifs is 3. The fourth-order valence-electron chi connectivity index (χ4n) is 4.53. The number of allylic oxidation sites excluding steroid dienone is 2. The third-order valence-electron chi connectivity index (χ3n) is 5.78. The number of hydrogen-bond acceptors (Lipinski definition) is 3. The van der Waals surface area contributed by atoms with Gasteiger partial charge in [0, 0.05) is 23.9 Å². The Hall–Kier alpha value is -1.62. The van der Waals surface area contributed by atoms with Gasteiger partial charge in [0.2, 0.25) is 5.91 Å². The van der Waals surface area contributed by atoms with Gasteiger partial charge in [-0.25, -0.2) is 4.98 Å². The first-order chi connectivity index (χ1) is 11.5. The summed E-state index contributed by atoms with van der Waals surface area (Å²) >= 11 is 1.66. The number of aromatic nitrogens is 2. The van der Waals surface area contributed by atoms with E-state index in [-0.39, 0.29) is 17.2 Å². The number of imidazole rings is 1. The molecule has 1 amide bonds. The van der Waals surface area contributed by atoms with Crippen LogP contribution in [0.1, 0.15) is 70.2 Å². The molecule has 0 spiro atoms. The molecule has 0 bridgehead atoms. The first kappa shape index (κ1) is 15.9. The number of carbonyl (C=O) groups is 1. The summed E-state index contributed by atoms with van der Waals surface area (Å²) in [4.78, 5) is 18.1. The number of thiazole rings is 1. The monoisotopic (exact) mass is 343 g/mol. The zero-order valence-electron chi connectivity index (χ0n) is 14.7. The maximum absolute atomic E-state index is 12.3. The standard InChI is InChI=1S/C19H25N3OS/c1-12-5-4-6-19(2,3)14(12)9-13-10-16(23)20-11-15-17(13)22-7-8-24-18(22)21-15/h7-8,13H,4-6,9-11H2,1-3H3,(H,20,23)/t13-/m0/s1. The Morgan fingerprint density at radius 2 is 2.29 bits per heavy atom. The summed E-state index contributed by atoms with van der Waals surface area (Å²) in [5, 5.41) is 5.10. The van der Waals surface area contributed by atoms with Crippen molar-refractivity contribution in [3.05, 3.63) is 34.1 Å². The molecule has 0 saturated carbocycles. The number of nitrogens with zero attached hydrogens (tertiary/aromatic N) is 2. The molecule has 0 fully saturated rings. The number of amides is 1. The van der Waals surface area contributed by atoms with Gasteiger partial charge in [-0.05, 0) is 38.0 Å². The van der Waals surface area contributed by atoms with Crippen LogP contribution in [-0.2, 0) is 11.3 Å². The Kier molecular flexibility index (Phi) is 3.79. The van der Waals surface area contributed by atoms with Crippen molar-refractivity contribution in [2.45, 2.75) is 65.3 Å². The van der Waals surface area contributed by atoms with E-state index in [2.05, 4.69) is 42.1 Å². The maximum atomic E-state index is 12.3. The third-order valence-corrected chi connectivity index (χ3v) is 6.54. The molecule has 1 atom stereocenters. The van der Waals surface area contributed by atoms with E-state index in [0.717, 1.165) is 17.1 Å². The largest absolute Gasteiger partial charge is 0.350 e. The third kappa shape index (κ3) is 2.59. The normalized spacial score (nSPS) is 24.0. The summed E-state index contributed by atoms with van der Waals surface area (Å²) < 4.78 is 2.21. The lowest BCUT2D eigenvalue weighted by atomic mass is 9.69. The predicted molar refractivity (Wildman–Crippen MR) is 97.2 cm³/mol. The first-order valence-electron chi connectivity index (χ1n) is 8.86. The number of carbonyl (C=O) groups excluding carboxylic acids is 1. The highest BCUT2D eigenvalue weighted by Crippen LogP contribution is 2.46. The molecule has 0 aromatic carbocycles. The second-order valence-corrected chi connectivity index (χ2v) is 8.75. The van der Waals surface area contributed by atoms with E-state index in [1.54, 1.807) is 16.9 Å². The highest BCUT2D eigenvalue weighted by molar-refractivity contribution is 7.15. The zero-order valence-corrected chi connectivity index (χ0v) is 15.5. The molecule has 2 aromatic rings. The molecule has 1 N–H and O–H groups in total. The number of nitrogens with one attached hydrogen (secondary N) is 1. The van der Waals surface area contributed by atoms with E-state index < -0.39 is 0 Å². The van der Waals surface area contributed by atoms with Crippen molar-refractivity contribution in [3.63, 3.8) is 0 Å². The average Bonchev–Trinajstić information content (AvgIpc) is 3.04. The highest BCUT2D eigenvalue weighted by atomic mass is 32.1. The molecule has 2 aromatic heterocycles. The van der Waals surface area contributed by atoms with Gasteiger partial charge in [-0.3, -0.25) is 9.20 Å². The van der Waals surface area contributed by atoms with Gasteiger partial charge >= 0.3 is 0 Å². The SMILES string of the molecule is CC1=C(C[C@H]2CC(=O)NCc3nc4sccn4c32)C(C)(C)CCC1. The lowest BCUT2D eigenvalue weighted by molar-refractivity contribution is -0.121. The van der Waals surface area contributed by atoms with Crippen LogP contribution in [0.25, 0.3) is 4.96 Å². The lowest BCUT2D eigenvalue weighted by Gasteiger charge is -2.36. The molecular formula is C19H25N3OS. The highest BCUT2D eigenvalue weighted by Gasteiger charge is 2.34. The van der Waals surface area contributed by atoms with Gasteiger partial charge in [0.05, 0.1) is 17.9 Å². The molecule has 128 valence electrons. The van der Waals surface area contributed by atoms with E-state index in [4.69, 9.17) is 4.98 Å². The Morgan fingerprint density at radius 3 is 3.08 bits per heavy atom. The van der Waals surface area contributed by atoms with Gasteiger partial charge in [0.25, 0.3) is 0 Å². The topological polar surface area (TPSA) is 46.4 Å². The molecule has 0 unspecified atom stereocenters. The minimum Gasteiger partial charge on any atom is -0.350 e. The predicted octanol–water partition coefficient (Wildman–Crippen LogP) is 4.42. The Labute approximate surface area is 147 Å². The summed E-state index contributed by atoms with van der Waals surface area (Å²) in [6.07, 6.45) is 7.35. The van der Waals surface area contributed by atoms with Crippen molar-refractivity contribution < 1.29 is 4.79 Å². The molecule has 3 heterocycles. The molecule has 0 radical (unpaired) electrons. The lowest BCUT2D eigenvalue weighted by Crippen LogP contribution is -2.24. The van der Waals surface area contributed by atoms with E-state index >= 15 is 0 Å². The maximum Gasteiger partial charge on any atom is 0.221 e. The van der Waals surface area contributed by atoms with Crippen molar-refractivity contribution in [1.29, 1.82) is 0 Å². The Bertz CT molecular complexity index is 827.